The molecule has 7 heteroatoms. The Bertz CT molecular complexity index is 949. The van der Waals surface area contributed by atoms with E-state index < -0.39 is 0 Å². The lowest BCUT2D eigenvalue weighted by Crippen LogP contribution is -2.36. The van der Waals surface area contributed by atoms with Gasteiger partial charge in [0.2, 0.25) is 0 Å². The monoisotopic (exact) mass is 399 g/mol. The molecule has 1 aromatic carbocycles. The minimum atomic E-state index is 0.0271. The maximum Gasteiger partial charge on any atom is 0.250 e. The third kappa shape index (κ3) is 4.42. The van der Waals surface area contributed by atoms with Gasteiger partial charge >= 0.3 is 0 Å². The lowest BCUT2D eigenvalue weighted by Gasteiger charge is -2.21. The van der Waals surface area contributed by atoms with Crippen molar-refractivity contribution in [1.29, 1.82) is 0 Å². The molecule has 1 amide bonds. The zero-order valence-corrected chi connectivity index (χ0v) is 18.4. The van der Waals surface area contributed by atoms with Gasteiger partial charge in [0.05, 0.1) is 15.9 Å². The largest absolute Gasteiger partial charge is 0.309 e. The number of benzene rings is 1. The Morgan fingerprint density at radius 3 is 2.43 bits per heavy atom. The fourth-order valence-electron chi connectivity index (χ4n) is 3.28. The van der Waals surface area contributed by atoms with Crippen LogP contribution in [0.25, 0.3) is 10.2 Å². The van der Waals surface area contributed by atoms with E-state index in [0.717, 1.165) is 45.3 Å². The summed E-state index contributed by atoms with van der Waals surface area (Å²) in [5.41, 5.74) is 5.26. The molecular weight excluding hydrogens is 370 g/mol. The summed E-state index contributed by atoms with van der Waals surface area (Å²) in [6, 6.07) is 6.21. The third-order valence-electron chi connectivity index (χ3n) is 4.84. The van der Waals surface area contributed by atoms with Gasteiger partial charge in [-0.2, -0.15) is 5.10 Å². The molecule has 0 fully saturated rings. The molecule has 0 radical (unpaired) electrons. The first-order valence-electron chi connectivity index (χ1n) is 9.59. The average molecular weight is 400 g/mol. The number of hydrogen-bond acceptors (Lipinski definition) is 5. The van der Waals surface area contributed by atoms with Crippen LogP contribution in [0.15, 0.2) is 18.2 Å². The number of anilines is 1. The molecule has 0 aliphatic carbocycles. The number of carbonyl (C=O) groups excluding carboxylic acids is 1. The van der Waals surface area contributed by atoms with Crippen LogP contribution in [0.2, 0.25) is 0 Å². The van der Waals surface area contributed by atoms with Gasteiger partial charge in [-0.25, -0.2) is 4.98 Å². The van der Waals surface area contributed by atoms with Gasteiger partial charge in [-0.3, -0.25) is 14.4 Å². The summed E-state index contributed by atoms with van der Waals surface area (Å²) in [6.07, 6.45) is 0.893. The highest BCUT2D eigenvalue weighted by Gasteiger charge is 2.22. The fraction of sp³-hybridized carbons (Fsp3) is 0.476. The van der Waals surface area contributed by atoms with Crippen molar-refractivity contribution in [3.63, 3.8) is 0 Å². The van der Waals surface area contributed by atoms with E-state index >= 15 is 0 Å². The minimum absolute atomic E-state index is 0.0271. The van der Waals surface area contributed by atoms with E-state index in [9.17, 15) is 4.79 Å². The molecule has 0 spiro atoms. The predicted octanol–water partition coefficient (Wildman–Crippen LogP) is 3.71. The lowest BCUT2D eigenvalue weighted by atomic mass is 10.1. The molecule has 28 heavy (non-hydrogen) atoms. The molecular formula is C21H29N5OS. The Morgan fingerprint density at radius 1 is 1.11 bits per heavy atom. The number of thiazole rings is 1. The molecule has 3 rings (SSSR count). The first-order valence-corrected chi connectivity index (χ1v) is 10.4. The van der Waals surface area contributed by atoms with Crippen LogP contribution in [0, 0.1) is 27.7 Å². The first-order chi connectivity index (χ1) is 13.3. The van der Waals surface area contributed by atoms with Crippen molar-refractivity contribution in [3.05, 3.63) is 40.7 Å². The number of amides is 1. The Hall–Kier alpha value is -2.25. The number of aromatic nitrogens is 3. The van der Waals surface area contributed by atoms with Crippen molar-refractivity contribution in [2.45, 2.75) is 40.7 Å². The highest BCUT2D eigenvalue weighted by atomic mass is 32.1. The second-order valence-electron chi connectivity index (χ2n) is 7.66. The van der Waals surface area contributed by atoms with Crippen molar-refractivity contribution in [1.82, 2.24) is 19.7 Å². The van der Waals surface area contributed by atoms with Crippen LogP contribution >= 0.6 is 11.3 Å². The summed E-state index contributed by atoms with van der Waals surface area (Å²) in [7, 11) is 4.10. The van der Waals surface area contributed by atoms with Crippen molar-refractivity contribution in [2.24, 2.45) is 0 Å². The maximum absolute atomic E-state index is 13.2. The predicted molar refractivity (Wildman–Crippen MR) is 116 cm³/mol. The normalized spacial score (nSPS) is 11.5. The van der Waals surface area contributed by atoms with Crippen molar-refractivity contribution in [2.75, 3.05) is 32.1 Å². The molecule has 0 aliphatic rings. The van der Waals surface area contributed by atoms with Crippen LogP contribution in [-0.2, 0) is 11.3 Å². The molecule has 3 aromatic rings. The molecule has 0 atom stereocenters. The molecule has 2 heterocycles. The molecule has 150 valence electrons. The molecule has 6 nitrogen and oxygen atoms in total. The number of nitrogens with zero attached hydrogens (tertiary/aromatic N) is 5. The number of fused-ring (bicyclic) bond motifs is 1. The zero-order chi connectivity index (χ0) is 20.4. The van der Waals surface area contributed by atoms with Gasteiger partial charge in [-0.15, -0.1) is 0 Å². The van der Waals surface area contributed by atoms with E-state index in [0.29, 0.717) is 6.54 Å². The number of carbonyl (C=O) groups is 1. The highest BCUT2D eigenvalue weighted by Crippen LogP contribution is 2.33. The van der Waals surface area contributed by atoms with Crippen LogP contribution < -0.4 is 4.90 Å². The van der Waals surface area contributed by atoms with Crippen molar-refractivity contribution < 1.29 is 4.79 Å². The number of hydrogen-bond donors (Lipinski definition) is 0. The molecule has 2 aromatic heterocycles. The van der Waals surface area contributed by atoms with E-state index in [4.69, 9.17) is 4.98 Å². The number of aryl methyl sites for hydroxylation is 4. The Morgan fingerprint density at radius 2 is 1.82 bits per heavy atom. The summed E-state index contributed by atoms with van der Waals surface area (Å²) in [5.74, 6) is 0.0271. The van der Waals surface area contributed by atoms with E-state index in [-0.39, 0.29) is 12.5 Å². The summed E-state index contributed by atoms with van der Waals surface area (Å²) < 4.78 is 2.94. The summed E-state index contributed by atoms with van der Waals surface area (Å²) in [5, 5.41) is 5.23. The lowest BCUT2D eigenvalue weighted by molar-refractivity contribution is -0.119. The quantitative estimate of drug-likeness (QED) is 0.608. The average Bonchev–Trinajstić information content (AvgIpc) is 3.19. The molecule has 0 saturated carbocycles. The molecule has 0 unspecified atom stereocenters. The second-order valence-corrected chi connectivity index (χ2v) is 8.64. The van der Waals surface area contributed by atoms with Gasteiger partial charge in [0, 0.05) is 12.2 Å². The Kier molecular flexibility index (Phi) is 6.15. The SMILES string of the molecule is Cc1cc(C)n(CC(=O)N(CCCN(C)C)c2nc3c(C)ccc(C)c3s2)n1. The van der Waals surface area contributed by atoms with Crippen LogP contribution in [0.3, 0.4) is 0 Å². The van der Waals surface area contributed by atoms with Crippen LogP contribution in [0.1, 0.15) is 28.9 Å². The van der Waals surface area contributed by atoms with Crippen LogP contribution in [0.4, 0.5) is 5.13 Å². The fourth-order valence-corrected chi connectivity index (χ4v) is 4.44. The van der Waals surface area contributed by atoms with E-state index in [1.165, 1.54) is 5.56 Å². The highest BCUT2D eigenvalue weighted by molar-refractivity contribution is 7.22. The maximum atomic E-state index is 13.2. The van der Waals surface area contributed by atoms with Crippen LogP contribution in [0.5, 0.6) is 0 Å². The van der Waals surface area contributed by atoms with E-state index in [1.54, 1.807) is 16.0 Å². The second kappa shape index (κ2) is 8.41. The van der Waals surface area contributed by atoms with Gasteiger partial charge in [0.15, 0.2) is 5.13 Å². The zero-order valence-electron chi connectivity index (χ0n) is 17.6. The number of rotatable bonds is 7. The smallest absolute Gasteiger partial charge is 0.250 e. The van der Waals surface area contributed by atoms with Crippen molar-refractivity contribution >= 4 is 32.6 Å². The first kappa shape index (κ1) is 20.5. The molecule has 0 N–H and O–H groups in total. The van der Waals surface area contributed by atoms with Gasteiger partial charge in [0.25, 0.3) is 5.91 Å². The molecule has 0 bridgehead atoms. The topological polar surface area (TPSA) is 54.3 Å². The van der Waals surface area contributed by atoms with E-state index in [2.05, 4.69) is 36.0 Å². The Labute approximate surface area is 170 Å². The molecule has 0 aliphatic heterocycles. The van der Waals surface area contributed by atoms with Gasteiger partial charge < -0.3 is 4.90 Å². The minimum Gasteiger partial charge on any atom is -0.309 e. The van der Waals surface area contributed by atoms with Gasteiger partial charge in [0.1, 0.15) is 6.54 Å². The van der Waals surface area contributed by atoms with Crippen LogP contribution in [-0.4, -0.2) is 52.8 Å². The third-order valence-corrected chi connectivity index (χ3v) is 6.05. The Balaban J connectivity index is 1.92. The summed E-state index contributed by atoms with van der Waals surface area (Å²) in [4.78, 5) is 22.0. The molecule has 0 saturated heterocycles. The summed E-state index contributed by atoms with van der Waals surface area (Å²) >= 11 is 1.60. The van der Waals surface area contributed by atoms with Gasteiger partial charge in [-0.05, 0) is 71.9 Å². The standard InChI is InChI=1S/C21H29N5OS/c1-14-8-9-15(2)20-19(14)22-21(28-20)25(11-7-10-24(5)6)18(27)13-26-17(4)12-16(3)23-26/h8-9,12H,7,10-11,13H2,1-6H3. The van der Waals surface area contributed by atoms with E-state index in [1.807, 2.05) is 38.9 Å². The summed E-state index contributed by atoms with van der Waals surface area (Å²) in [6.45, 7) is 9.89. The van der Waals surface area contributed by atoms with Gasteiger partial charge in [-0.1, -0.05) is 23.5 Å². The van der Waals surface area contributed by atoms with Crippen molar-refractivity contribution in [3.8, 4) is 0 Å².